The van der Waals surface area contributed by atoms with Crippen LogP contribution >= 0.6 is 0 Å². The molecular formula is C17H23N3O6. The second kappa shape index (κ2) is 7.59. The zero-order chi connectivity index (χ0) is 19.6. The van der Waals surface area contributed by atoms with E-state index >= 15 is 0 Å². The van der Waals surface area contributed by atoms with E-state index in [2.05, 4.69) is 10.3 Å². The summed E-state index contributed by atoms with van der Waals surface area (Å²) >= 11 is 0. The van der Waals surface area contributed by atoms with Crippen molar-refractivity contribution in [2.75, 3.05) is 13.1 Å². The third kappa shape index (κ3) is 3.87. The number of nitrogens with one attached hydrogen (secondary N) is 2. The van der Waals surface area contributed by atoms with Crippen LogP contribution in [0.25, 0.3) is 0 Å². The van der Waals surface area contributed by atoms with E-state index in [4.69, 9.17) is 9.47 Å². The number of carbonyl (C=O) groups is 4. The van der Waals surface area contributed by atoms with Crippen molar-refractivity contribution >= 4 is 23.9 Å². The largest absolute Gasteiger partial charge is 0.459 e. The molecular weight excluding hydrogens is 342 g/mol. The maximum absolute atomic E-state index is 12.4. The molecule has 3 amide bonds. The summed E-state index contributed by atoms with van der Waals surface area (Å²) in [6.45, 7) is 8.68. The molecule has 0 unspecified atom stereocenters. The van der Waals surface area contributed by atoms with Gasteiger partial charge in [0.1, 0.15) is 5.69 Å². The summed E-state index contributed by atoms with van der Waals surface area (Å²) in [5, 5.41) is 2.51. The van der Waals surface area contributed by atoms with Crippen LogP contribution in [-0.4, -0.2) is 59.1 Å². The Balaban J connectivity index is 2.13. The topological polar surface area (TPSA) is 118 Å². The van der Waals surface area contributed by atoms with Crippen LogP contribution in [0.15, 0.2) is 0 Å². The molecule has 1 aliphatic heterocycles. The van der Waals surface area contributed by atoms with Gasteiger partial charge in [-0.25, -0.2) is 14.4 Å². The van der Waals surface area contributed by atoms with Crippen molar-refractivity contribution in [2.45, 2.75) is 46.8 Å². The van der Waals surface area contributed by atoms with Crippen LogP contribution in [0.1, 0.15) is 52.9 Å². The van der Waals surface area contributed by atoms with E-state index in [1.165, 1.54) is 6.92 Å². The van der Waals surface area contributed by atoms with E-state index in [0.29, 0.717) is 17.8 Å². The summed E-state index contributed by atoms with van der Waals surface area (Å²) in [5.74, 6) is -1.92. The number of ether oxygens (including phenoxy) is 2. The van der Waals surface area contributed by atoms with Gasteiger partial charge in [-0.2, -0.15) is 0 Å². The maximum Gasteiger partial charge on any atom is 0.355 e. The predicted octanol–water partition coefficient (Wildman–Crippen LogP) is 1.29. The lowest BCUT2D eigenvalue weighted by Gasteiger charge is -2.18. The smallest absolute Gasteiger partial charge is 0.355 e. The minimum absolute atomic E-state index is 0.0729. The Hall–Kier alpha value is -2.84. The van der Waals surface area contributed by atoms with Gasteiger partial charge in [-0.1, -0.05) is 0 Å². The van der Waals surface area contributed by atoms with Gasteiger partial charge in [-0.15, -0.1) is 0 Å². The molecule has 0 aliphatic carbocycles. The van der Waals surface area contributed by atoms with Gasteiger partial charge >= 0.3 is 18.0 Å². The van der Waals surface area contributed by atoms with Crippen LogP contribution in [0.3, 0.4) is 0 Å². The number of hydrogen-bond donors (Lipinski definition) is 2. The van der Waals surface area contributed by atoms with Gasteiger partial charge in [0, 0.05) is 18.8 Å². The van der Waals surface area contributed by atoms with Crippen molar-refractivity contribution < 1.29 is 28.7 Å². The highest BCUT2D eigenvalue weighted by molar-refractivity contribution is 6.01. The lowest BCUT2D eigenvalue weighted by Crippen LogP contribution is -2.41. The summed E-state index contributed by atoms with van der Waals surface area (Å²) in [7, 11) is 0. The van der Waals surface area contributed by atoms with Crippen molar-refractivity contribution in [1.29, 1.82) is 0 Å². The van der Waals surface area contributed by atoms with E-state index in [1.807, 2.05) is 0 Å². The Kier molecular flexibility index (Phi) is 5.69. The lowest BCUT2D eigenvalue weighted by molar-refractivity contribution is -0.136. The number of aromatic amines is 1. The van der Waals surface area contributed by atoms with Crippen molar-refractivity contribution in [1.82, 2.24) is 15.2 Å². The summed E-state index contributed by atoms with van der Waals surface area (Å²) in [4.78, 5) is 52.1. The number of esters is 2. The van der Waals surface area contributed by atoms with Gasteiger partial charge in [0.15, 0.2) is 6.10 Å². The van der Waals surface area contributed by atoms with Gasteiger partial charge in [-0.05, 0) is 40.2 Å². The SMILES string of the molecule is Cc1[nH]c(C(=O)O[C@H](C)C(=O)N2CCNC2=O)c(C)c1C(=O)OC(C)C. The van der Waals surface area contributed by atoms with Gasteiger partial charge < -0.3 is 19.8 Å². The standard InChI is InChI=1S/C17H23N3O6/c1-8(2)25-15(22)12-9(3)13(19-10(12)4)16(23)26-11(5)14(21)20-7-6-18-17(20)24/h8,11,19H,6-7H2,1-5H3,(H,18,24)/t11-/m1/s1. The second-order valence-electron chi connectivity index (χ2n) is 6.35. The molecule has 1 aromatic heterocycles. The van der Waals surface area contributed by atoms with E-state index in [1.54, 1.807) is 27.7 Å². The normalized spacial score (nSPS) is 15.0. The van der Waals surface area contributed by atoms with Crippen molar-refractivity contribution in [3.8, 4) is 0 Å². The van der Waals surface area contributed by atoms with E-state index in [-0.39, 0.29) is 23.9 Å². The van der Waals surface area contributed by atoms with Gasteiger partial charge in [0.25, 0.3) is 5.91 Å². The number of aromatic nitrogens is 1. The van der Waals surface area contributed by atoms with Crippen molar-refractivity contribution in [2.24, 2.45) is 0 Å². The summed E-state index contributed by atoms with van der Waals surface area (Å²) in [6.07, 6.45) is -1.43. The Morgan fingerprint density at radius 3 is 2.27 bits per heavy atom. The van der Waals surface area contributed by atoms with Gasteiger partial charge in [0.05, 0.1) is 11.7 Å². The van der Waals surface area contributed by atoms with Crippen molar-refractivity contribution in [3.05, 3.63) is 22.5 Å². The summed E-state index contributed by atoms with van der Waals surface area (Å²) in [5.41, 5.74) is 1.20. The number of amides is 3. The molecule has 2 N–H and O–H groups in total. The molecule has 0 bridgehead atoms. The third-order valence-corrected chi connectivity index (χ3v) is 3.94. The molecule has 1 atom stereocenters. The molecule has 1 fully saturated rings. The predicted molar refractivity (Wildman–Crippen MR) is 90.8 cm³/mol. The number of hydrogen-bond acceptors (Lipinski definition) is 6. The first-order valence-corrected chi connectivity index (χ1v) is 8.33. The molecule has 142 valence electrons. The average Bonchev–Trinajstić information content (AvgIpc) is 3.08. The Labute approximate surface area is 151 Å². The van der Waals surface area contributed by atoms with Crippen LogP contribution in [0.4, 0.5) is 4.79 Å². The zero-order valence-electron chi connectivity index (χ0n) is 15.5. The molecule has 1 aromatic rings. The molecule has 1 saturated heterocycles. The van der Waals surface area contributed by atoms with Crippen LogP contribution < -0.4 is 5.32 Å². The first kappa shape index (κ1) is 19.5. The van der Waals surface area contributed by atoms with Crippen LogP contribution in [-0.2, 0) is 14.3 Å². The highest BCUT2D eigenvalue weighted by atomic mass is 16.6. The number of carbonyl (C=O) groups excluding carboxylic acids is 4. The van der Waals surface area contributed by atoms with Gasteiger partial charge in [-0.3, -0.25) is 9.69 Å². The Bertz CT molecular complexity index is 752. The highest BCUT2D eigenvalue weighted by Gasteiger charge is 2.33. The molecule has 0 spiro atoms. The van der Waals surface area contributed by atoms with E-state index < -0.39 is 30.0 Å². The van der Waals surface area contributed by atoms with Gasteiger partial charge in [0.2, 0.25) is 0 Å². The highest BCUT2D eigenvalue weighted by Crippen LogP contribution is 2.21. The maximum atomic E-state index is 12.4. The van der Waals surface area contributed by atoms with E-state index in [0.717, 1.165) is 4.90 Å². The number of aryl methyl sites for hydroxylation is 1. The first-order valence-electron chi connectivity index (χ1n) is 8.33. The fraction of sp³-hybridized carbons (Fsp3) is 0.529. The number of urea groups is 1. The zero-order valence-corrected chi connectivity index (χ0v) is 15.5. The summed E-state index contributed by atoms with van der Waals surface area (Å²) in [6, 6.07) is -0.511. The fourth-order valence-corrected chi connectivity index (χ4v) is 2.70. The summed E-state index contributed by atoms with van der Waals surface area (Å²) < 4.78 is 10.3. The quantitative estimate of drug-likeness (QED) is 0.759. The molecule has 2 rings (SSSR count). The Morgan fingerprint density at radius 2 is 1.73 bits per heavy atom. The number of H-pyrrole nitrogens is 1. The minimum Gasteiger partial charge on any atom is -0.459 e. The number of imide groups is 1. The lowest BCUT2D eigenvalue weighted by atomic mass is 10.1. The third-order valence-electron chi connectivity index (χ3n) is 3.94. The van der Waals surface area contributed by atoms with Crippen LogP contribution in [0.5, 0.6) is 0 Å². The molecule has 0 radical (unpaired) electrons. The van der Waals surface area contributed by atoms with Crippen molar-refractivity contribution in [3.63, 3.8) is 0 Å². The molecule has 9 nitrogen and oxygen atoms in total. The Morgan fingerprint density at radius 1 is 1.08 bits per heavy atom. The number of rotatable bonds is 5. The second-order valence-corrected chi connectivity index (χ2v) is 6.35. The molecule has 0 aromatic carbocycles. The molecule has 9 heteroatoms. The minimum atomic E-state index is -1.14. The molecule has 0 saturated carbocycles. The fourth-order valence-electron chi connectivity index (χ4n) is 2.70. The van der Waals surface area contributed by atoms with E-state index in [9.17, 15) is 19.2 Å². The molecule has 1 aliphatic rings. The first-order chi connectivity index (χ1) is 12.1. The van der Waals surface area contributed by atoms with Crippen LogP contribution in [0, 0.1) is 13.8 Å². The van der Waals surface area contributed by atoms with Crippen LogP contribution in [0.2, 0.25) is 0 Å². The molecule has 2 heterocycles. The number of nitrogens with zero attached hydrogens (tertiary/aromatic N) is 1. The molecule has 26 heavy (non-hydrogen) atoms. The average molecular weight is 365 g/mol. The monoisotopic (exact) mass is 365 g/mol.